The molecule has 0 spiro atoms. The van der Waals surface area contributed by atoms with Crippen LogP contribution >= 0.6 is 11.8 Å². The molecule has 0 saturated carbocycles. The van der Waals surface area contributed by atoms with Crippen molar-refractivity contribution in [2.24, 2.45) is 0 Å². The molecule has 0 aliphatic carbocycles. The highest BCUT2D eigenvalue weighted by atomic mass is 32.2. The zero-order valence-corrected chi connectivity index (χ0v) is 8.00. The molecule has 0 fully saturated rings. The van der Waals surface area contributed by atoms with Crippen molar-refractivity contribution in [3.05, 3.63) is 0 Å². The third kappa shape index (κ3) is 5.12. The topological polar surface area (TPSA) is 20.2 Å². The maximum Gasteiger partial charge on any atom is 0.0707 e. The fourth-order valence-electron chi connectivity index (χ4n) is 0.538. The van der Waals surface area contributed by atoms with Crippen LogP contribution in [-0.4, -0.2) is 22.2 Å². The van der Waals surface area contributed by atoms with E-state index in [2.05, 4.69) is 6.92 Å². The summed E-state index contributed by atoms with van der Waals surface area (Å²) in [5, 5.41) is 9.53. The third-order valence-electron chi connectivity index (χ3n) is 1.52. The van der Waals surface area contributed by atoms with Gasteiger partial charge in [0.2, 0.25) is 0 Å². The Hall–Kier alpha value is 0.310. The first-order chi connectivity index (χ1) is 4.62. The van der Waals surface area contributed by atoms with Gasteiger partial charge in [-0.05, 0) is 25.5 Å². The Morgan fingerprint density at radius 2 is 2.00 bits per heavy atom. The maximum absolute atomic E-state index is 9.53. The predicted octanol–water partition coefficient (Wildman–Crippen LogP) is 2.29. The summed E-state index contributed by atoms with van der Waals surface area (Å²) >= 11 is 1.83. The van der Waals surface area contributed by atoms with E-state index in [1.807, 2.05) is 25.6 Å². The molecule has 0 aliphatic heterocycles. The van der Waals surface area contributed by atoms with Crippen molar-refractivity contribution in [1.29, 1.82) is 0 Å². The summed E-state index contributed by atoms with van der Waals surface area (Å²) in [6, 6.07) is 0. The second-order valence-corrected chi connectivity index (χ2v) is 4.01. The molecule has 0 aliphatic rings. The van der Waals surface area contributed by atoms with Crippen molar-refractivity contribution in [3.8, 4) is 0 Å². The van der Waals surface area contributed by atoms with E-state index >= 15 is 0 Å². The fraction of sp³-hybridized carbons (Fsp3) is 1.00. The molecule has 62 valence electrons. The quantitative estimate of drug-likeness (QED) is 0.626. The monoisotopic (exact) mass is 162 g/mol. The molecule has 0 radical (unpaired) electrons. The van der Waals surface area contributed by atoms with E-state index in [1.54, 1.807) is 0 Å². The van der Waals surface area contributed by atoms with Gasteiger partial charge in [-0.25, -0.2) is 0 Å². The first-order valence-corrected chi connectivity index (χ1v) is 5.08. The van der Waals surface area contributed by atoms with Gasteiger partial charge in [-0.1, -0.05) is 13.8 Å². The molecule has 1 nitrogen and oxygen atoms in total. The zero-order chi connectivity index (χ0) is 8.04. The summed E-state index contributed by atoms with van der Waals surface area (Å²) in [4.78, 5) is 0. The van der Waals surface area contributed by atoms with Crippen LogP contribution in [0.25, 0.3) is 0 Å². The Balaban J connectivity index is 3.28. The van der Waals surface area contributed by atoms with Gasteiger partial charge in [-0.2, -0.15) is 11.8 Å². The average molecular weight is 162 g/mol. The van der Waals surface area contributed by atoms with Crippen LogP contribution in [0.1, 0.15) is 33.6 Å². The van der Waals surface area contributed by atoms with Gasteiger partial charge in [0.1, 0.15) is 0 Å². The first kappa shape index (κ1) is 10.3. The number of hydrogen-bond donors (Lipinski definition) is 1. The molecule has 0 bridgehead atoms. The van der Waals surface area contributed by atoms with Gasteiger partial charge in [-0.3, -0.25) is 0 Å². The summed E-state index contributed by atoms with van der Waals surface area (Å²) < 4.78 is 0. The second kappa shape index (κ2) is 5.03. The van der Waals surface area contributed by atoms with Gasteiger partial charge in [0.25, 0.3) is 0 Å². The molecule has 0 amide bonds. The molecule has 1 N–H and O–H groups in total. The summed E-state index contributed by atoms with van der Waals surface area (Å²) in [6.45, 7) is 6.08. The lowest BCUT2D eigenvalue weighted by Gasteiger charge is -2.19. The van der Waals surface area contributed by atoms with E-state index in [-0.39, 0.29) is 0 Å². The van der Waals surface area contributed by atoms with Crippen LogP contribution in [0.3, 0.4) is 0 Å². The highest BCUT2D eigenvalue weighted by molar-refractivity contribution is 7.99. The van der Waals surface area contributed by atoms with E-state index in [0.717, 1.165) is 17.9 Å². The summed E-state index contributed by atoms with van der Waals surface area (Å²) in [5.74, 6) is 2.04. The van der Waals surface area contributed by atoms with E-state index in [9.17, 15) is 5.11 Å². The van der Waals surface area contributed by atoms with E-state index in [4.69, 9.17) is 0 Å². The first-order valence-electron chi connectivity index (χ1n) is 3.92. The number of thioether (sulfide) groups is 1. The smallest absolute Gasteiger partial charge is 0.0707 e. The highest BCUT2D eigenvalue weighted by Crippen LogP contribution is 2.16. The lowest BCUT2D eigenvalue weighted by Crippen LogP contribution is -2.25. The summed E-state index contributed by atoms with van der Waals surface area (Å²) in [5.41, 5.74) is -0.445. The lowest BCUT2D eigenvalue weighted by molar-refractivity contribution is 0.0816. The van der Waals surface area contributed by atoms with Gasteiger partial charge in [0, 0.05) is 5.75 Å². The van der Waals surface area contributed by atoms with Crippen molar-refractivity contribution in [2.45, 2.75) is 39.2 Å². The van der Waals surface area contributed by atoms with Crippen molar-refractivity contribution >= 4 is 11.8 Å². The standard InChI is InChI=1S/C8H18OS/c1-4-6-10-7-8(3,9)5-2/h9H,4-7H2,1-3H3. The van der Waals surface area contributed by atoms with Crippen LogP contribution in [0.15, 0.2) is 0 Å². The van der Waals surface area contributed by atoms with E-state index in [0.29, 0.717) is 0 Å². The van der Waals surface area contributed by atoms with Gasteiger partial charge in [0.05, 0.1) is 5.60 Å². The molecule has 10 heavy (non-hydrogen) atoms. The molecule has 0 saturated heterocycles. The molecule has 0 aromatic carbocycles. The summed E-state index contributed by atoms with van der Waals surface area (Å²) in [6.07, 6.45) is 2.05. The lowest BCUT2D eigenvalue weighted by atomic mass is 10.1. The number of rotatable bonds is 5. The van der Waals surface area contributed by atoms with Crippen LogP contribution in [0.4, 0.5) is 0 Å². The fourth-order valence-corrected chi connectivity index (χ4v) is 1.62. The Morgan fingerprint density at radius 1 is 1.40 bits per heavy atom. The molecule has 0 rings (SSSR count). The van der Waals surface area contributed by atoms with Crippen LogP contribution < -0.4 is 0 Å². The van der Waals surface area contributed by atoms with Crippen LogP contribution in [-0.2, 0) is 0 Å². The van der Waals surface area contributed by atoms with Crippen molar-refractivity contribution in [2.75, 3.05) is 11.5 Å². The molecule has 1 unspecified atom stereocenters. The van der Waals surface area contributed by atoms with Crippen molar-refractivity contribution in [3.63, 3.8) is 0 Å². The van der Waals surface area contributed by atoms with Crippen molar-refractivity contribution in [1.82, 2.24) is 0 Å². The highest BCUT2D eigenvalue weighted by Gasteiger charge is 2.16. The Labute approximate surface area is 68.2 Å². The minimum absolute atomic E-state index is 0.445. The number of aliphatic hydroxyl groups is 1. The van der Waals surface area contributed by atoms with Gasteiger partial charge in [-0.15, -0.1) is 0 Å². The summed E-state index contributed by atoms with van der Waals surface area (Å²) in [7, 11) is 0. The van der Waals surface area contributed by atoms with Gasteiger partial charge in [0.15, 0.2) is 0 Å². The molecule has 0 aromatic rings. The zero-order valence-electron chi connectivity index (χ0n) is 7.18. The molecule has 0 heterocycles. The van der Waals surface area contributed by atoms with E-state index in [1.165, 1.54) is 6.42 Å². The molecular weight excluding hydrogens is 144 g/mol. The van der Waals surface area contributed by atoms with Crippen LogP contribution in [0.2, 0.25) is 0 Å². The minimum atomic E-state index is -0.445. The molecule has 0 aromatic heterocycles. The number of hydrogen-bond acceptors (Lipinski definition) is 2. The van der Waals surface area contributed by atoms with Gasteiger partial charge < -0.3 is 5.11 Å². The van der Waals surface area contributed by atoms with E-state index < -0.39 is 5.60 Å². The normalized spacial score (nSPS) is 16.8. The predicted molar refractivity (Wildman–Crippen MR) is 48.5 cm³/mol. The third-order valence-corrected chi connectivity index (χ3v) is 3.05. The van der Waals surface area contributed by atoms with Crippen molar-refractivity contribution < 1.29 is 5.11 Å². The minimum Gasteiger partial charge on any atom is -0.389 e. The van der Waals surface area contributed by atoms with Gasteiger partial charge >= 0.3 is 0 Å². The maximum atomic E-state index is 9.53. The Morgan fingerprint density at radius 3 is 2.40 bits per heavy atom. The molecule has 1 atom stereocenters. The Kier molecular flexibility index (Phi) is 5.18. The molecular formula is C8H18OS. The second-order valence-electron chi connectivity index (χ2n) is 2.90. The van der Waals surface area contributed by atoms with Crippen LogP contribution in [0.5, 0.6) is 0 Å². The van der Waals surface area contributed by atoms with Crippen LogP contribution in [0, 0.1) is 0 Å². The Bertz CT molecular complexity index is 81.3. The SMILES string of the molecule is CCCSCC(C)(O)CC. The largest absolute Gasteiger partial charge is 0.389 e. The molecule has 2 heteroatoms. The average Bonchev–Trinajstić information content (AvgIpc) is 1.89.